The van der Waals surface area contributed by atoms with E-state index in [-0.39, 0.29) is 6.04 Å². The van der Waals surface area contributed by atoms with E-state index >= 15 is 0 Å². The lowest BCUT2D eigenvalue weighted by Gasteiger charge is -2.15. The molecule has 1 fully saturated rings. The molecule has 30 heavy (non-hydrogen) atoms. The second kappa shape index (κ2) is 7.45. The van der Waals surface area contributed by atoms with Gasteiger partial charge in [-0.25, -0.2) is 19.0 Å². The summed E-state index contributed by atoms with van der Waals surface area (Å²) in [5, 5.41) is 9.83. The fraction of sp³-hybridized carbons (Fsp3) is 0.250. The van der Waals surface area contributed by atoms with Gasteiger partial charge in [0.15, 0.2) is 0 Å². The number of hydrogen-bond donors (Lipinski definition) is 2. The maximum absolute atomic E-state index is 13.9. The van der Waals surface area contributed by atoms with Gasteiger partial charge in [0.1, 0.15) is 17.6 Å². The topological polar surface area (TPSA) is 72.1 Å². The second-order valence-electron chi connectivity index (χ2n) is 7.11. The van der Waals surface area contributed by atoms with E-state index in [1.165, 1.54) is 12.4 Å². The van der Waals surface area contributed by atoms with E-state index in [1.807, 2.05) is 22.7 Å². The van der Waals surface area contributed by atoms with E-state index in [9.17, 15) is 13.2 Å². The van der Waals surface area contributed by atoms with Gasteiger partial charge < -0.3 is 10.6 Å². The number of halogens is 3. The van der Waals surface area contributed by atoms with E-state index in [0.717, 1.165) is 11.3 Å². The van der Waals surface area contributed by atoms with Gasteiger partial charge in [-0.1, -0.05) is 6.07 Å². The summed E-state index contributed by atoms with van der Waals surface area (Å²) in [5.74, 6) is 0.577. The molecule has 0 saturated carbocycles. The van der Waals surface area contributed by atoms with E-state index < -0.39 is 12.7 Å². The van der Waals surface area contributed by atoms with E-state index in [0.29, 0.717) is 40.5 Å². The summed E-state index contributed by atoms with van der Waals surface area (Å²) in [4.78, 5) is 9.01. The predicted octanol–water partition coefficient (Wildman–Crippen LogP) is 3.38. The second-order valence-corrected chi connectivity index (χ2v) is 7.11. The lowest BCUT2D eigenvalue weighted by molar-refractivity contribution is 0.0566. The monoisotopic (exact) mass is 413 g/mol. The Bertz CT molecular complexity index is 1190. The minimum absolute atomic E-state index is 0.326. The van der Waals surface area contributed by atoms with Gasteiger partial charge in [0.2, 0.25) is 0 Å². The van der Waals surface area contributed by atoms with Crippen LogP contribution in [0.15, 0.2) is 55.1 Å². The number of imidazole rings is 1. The Morgan fingerprint density at radius 2 is 1.97 bits per heavy atom. The molecule has 10 heteroatoms. The number of anilines is 1. The molecule has 5 heterocycles. The number of nitrogens with one attached hydrogen (secondary N) is 2. The normalized spacial score (nSPS) is 19.1. The molecule has 0 aromatic carbocycles. The Kier molecular flexibility index (Phi) is 4.62. The van der Waals surface area contributed by atoms with Gasteiger partial charge in [0, 0.05) is 36.6 Å². The Labute approximate surface area is 169 Å². The number of alkyl halides is 3. The van der Waals surface area contributed by atoms with Crippen molar-refractivity contribution in [2.45, 2.75) is 18.8 Å². The number of rotatable bonds is 5. The third-order valence-corrected chi connectivity index (χ3v) is 5.13. The van der Waals surface area contributed by atoms with Crippen LogP contribution in [-0.2, 0) is 0 Å². The van der Waals surface area contributed by atoms with Crippen LogP contribution >= 0.6 is 0 Å². The Morgan fingerprint density at radius 3 is 2.73 bits per heavy atom. The smallest absolute Gasteiger partial charge is 0.333 e. The first-order valence-corrected chi connectivity index (χ1v) is 9.47. The molecule has 2 atom stereocenters. The predicted molar refractivity (Wildman–Crippen MR) is 106 cm³/mol. The lowest BCUT2D eigenvalue weighted by Crippen LogP contribution is -2.29. The van der Waals surface area contributed by atoms with Crippen molar-refractivity contribution in [3.63, 3.8) is 0 Å². The molecule has 1 saturated heterocycles. The molecule has 2 unspecified atom stereocenters. The van der Waals surface area contributed by atoms with E-state index in [1.54, 1.807) is 24.4 Å². The van der Waals surface area contributed by atoms with Crippen LogP contribution in [0.25, 0.3) is 28.2 Å². The maximum Gasteiger partial charge on any atom is 0.333 e. The third kappa shape index (κ3) is 3.39. The Morgan fingerprint density at radius 1 is 1.07 bits per heavy atom. The Balaban J connectivity index is 1.49. The molecule has 0 bridgehead atoms. The third-order valence-electron chi connectivity index (χ3n) is 5.13. The molecule has 7 nitrogen and oxygen atoms in total. The summed E-state index contributed by atoms with van der Waals surface area (Å²) < 4.78 is 42.0. The van der Waals surface area contributed by atoms with Crippen molar-refractivity contribution in [1.29, 1.82) is 0 Å². The standard InChI is InChI=1S/C20H18F3N7/c21-14-7-24-8-16(14)28-18-3-1-2-15(27-18)17-9-25-19-5-4-12(10-29(17)19)13-6-26-30(11-13)20(22)23/h1-6,9-11,14,16,20,24H,7-8H2,(H,27,28). The minimum Gasteiger partial charge on any atom is -0.363 e. The highest BCUT2D eigenvalue weighted by Gasteiger charge is 2.26. The van der Waals surface area contributed by atoms with Crippen LogP contribution in [0.3, 0.4) is 0 Å². The summed E-state index contributed by atoms with van der Waals surface area (Å²) in [6.45, 7) is -1.82. The quantitative estimate of drug-likeness (QED) is 0.525. The molecule has 0 radical (unpaired) electrons. The highest BCUT2D eigenvalue weighted by molar-refractivity contribution is 5.67. The van der Waals surface area contributed by atoms with Gasteiger partial charge in [-0.2, -0.15) is 13.9 Å². The molecular weight excluding hydrogens is 395 g/mol. The molecule has 5 rings (SSSR count). The average molecular weight is 413 g/mol. The number of fused-ring (bicyclic) bond motifs is 1. The number of aromatic nitrogens is 5. The minimum atomic E-state index is -2.69. The molecule has 4 aromatic rings. The molecular formula is C20H18F3N7. The van der Waals surface area contributed by atoms with Crippen LogP contribution in [0.1, 0.15) is 6.55 Å². The van der Waals surface area contributed by atoms with Gasteiger partial charge in [-0.3, -0.25) is 4.40 Å². The maximum atomic E-state index is 13.9. The fourth-order valence-electron chi connectivity index (χ4n) is 3.57. The fourth-order valence-corrected chi connectivity index (χ4v) is 3.57. The largest absolute Gasteiger partial charge is 0.363 e. The van der Waals surface area contributed by atoms with Crippen molar-refractivity contribution in [1.82, 2.24) is 29.5 Å². The van der Waals surface area contributed by atoms with Crippen LogP contribution in [-0.4, -0.2) is 49.5 Å². The zero-order valence-electron chi connectivity index (χ0n) is 15.7. The van der Waals surface area contributed by atoms with Gasteiger partial charge in [-0.15, -0.1) is 0 Å². The van der Waals surface area contributed by atoms with E-state index in [2.05, 4.69) is 25.7 Å². The first-order valence-electron chi connectivity index (χ1n) is 9.47. The number of nitrogens with zero attached hydrogens (tertiary/aromatic N) is 5. The number of hydrogen-bond acceptors (Lipinski definition) is 5. The molecule has 0 aliphatic carbocycles. The van der Waals surface area contributed by atoms with Gasteiger partial charge in [0.25, 0.3) is 0 Å². The van der Waals surface area contributed by atoms with E-state index in [4.69, 9.17) is 0 Å². The van der Waals surface area contributed by atoms with Crippen LogP contribution in [0.2, 0.25) is 0 Å². The van der Waals surface area contributed by atoms with Crippen LogP contribution in [0, 0.1) is 0 Å². The van der Waals surface area contributed by atoms with Crippen LogP contribution in [0.4, 0.5) is 19.0 Å². The lowest BCUT2D eigenvalue weighted by atomic mass is 10.1. The van der Waals surface area contributed by atoms with Crippen molar-refractivity contribution < 1.29 is 13.2 Å². The van der Waals surface area contributed by atoms with Crippen molar-refractivity contribution in [2.24, 2.45) is 0 Å². The van der Waals surface area contributed by atoms with Crippen LogP contribution < -0.4 is 10.6 Å². The summed E-state index contributed by atoms with van der Waals surface area (Å²) in [6, 6.07) is 8.76. The average Bonchev–Trinajstić information content (AvgIpc) is 3.48. The van der Waals surface area contributed by atoms with Gasteiger partial charge in [-0.05, 0) is 24.3 Å². The summed E-state index contributed by atoms with van der Waals surface area (Å²) in [5.41, 5.74) is 3.38. The van der Waals surface area contributed by atoms with Crippen molar-refractivity contribution >= 4 is 11.5 Å². The molecule has 154 valence electrons. The van der Waals surface area contributed by atoms with Crippen LogP contribution in [0.5, 0.6) is 0 Å². The summed E-state index contributed by atoms with van der Waals surface area (Å²) in [6.07, 6.45) is 5.24. The molecule has 0 spiro atoms. The molecule has 2 N–H and O–H groups in total. The zero-order chi connectivity index (χ0) is 20.7. The zero-order valence-corrected chi connectivity index (χ0v) is 15.7. The van der Waals surface area contributed by atoms with Gasteiger partial charge >= 0.3 is 6.55 Å². The first kappa shape index (κ1) is 18.6. The summed E-state index contributed by atoms with van der Waals surface area (Å²) >= 11 is 0. The molecule has 0 amide bonds. The first-order chi connectivity index (χ1) is 14.6. The number of pyridine rings is 2. The summed E-state index contributed by atoms with van der Waals surface area (Å²) in [7, 11) is 0. The highest BCUT2D eigenvalue weighted by atomic mass is 19.3. The SMILES string of the molecule is FC1CNCC1Nc1cccc(-c2cnc3ccc(-c4cnn(C(F)F)c4)cn23)n1. The molecule has 1 aliphatic rings. The molecule has 1 aliphatic heterocycles. The molecule has 4 aromatic heterocycles. The van der Waals surface area contributed by atoms with Crippen molar-refractivity contribution in [3.05, 3.63) is 55.1 Å². The van der Waals surface area contributed by atoms with Crippen molar-refractivity contribution in [3.8, 4) is 22.5 Å². The Hall–Kier alpha value is -3.40. The van der Waals surface area contributed by atoms with Gasteiger partial charge in [0.05, 0.1) is 29.8 Å². The highest BCUT2D eigenvalue weighted by Crippen LogP contribution is 2.26. The van der Waals surface area contributed by atoms with Crippen molar-refractivity contribution in [2.75, 3.05) is 18.4 Å².